The molecule has 0 aliphatic heterocycles. The molecule has 0 heterocycles. The van der Waals surface area contributed by atoms with Crippen LogP contribution >= 0.6 is 11.6 Å². The van der Waals surface area contributed by atoms with E-state index >= 15 is 0 Å². The second kappa shape index (κ2) is 6.32. The van der Waals surface area contributed by atoms with Gasteiger partial charge in [-0.25, -0.2) is 0 Å². The Balaban J connectivity index is 3.02. The van der Waals surface area contributed by atoms with Crippen molar-refractivity contribution in [3.05, 3.63) is 38.9 Å². The van der Waals surface area contributed by atoms with Gasteiger partial charge in [0.1, 0.15) is 5.56 Å². The second-order valence-electron chi connectivity index (χ2n) is 3.68. The molecular formula is C11H13ClN2O4. The van der Waals surface area contributed by atoms with Crippen LogP contribution in [0.2, 0.25) is 5.02 Å². The van der Waals surface area contributed by atoms with Gasteiger partial charge in [0.2, 0.25) is 0 Å². The predicted octanol–water partition coefficient (Wildman–Crippen LogP) is 1.75. The van der Waals surface area contributed by atoms with E-state index in [2.05, 4.69) is 5.32 Å². The Morgan fingerprint density at radius 1 is 1.61 bits per heavy atom. The highest BCUT2D eigenvalue weighted by atomic mass is 35.5. The molecule has 0 aliphatic carbocycles. The molecule has 98 valence electrons. The molecule has 0 radical (unpaired) electrons. The summed E-state index contributed by atoms with van der Waals surface area (Å²) in [4.78, 5) is 22.0. The normalized spacial score (nSPS) is 11.9. The zero-order chi connectivity index (χ0) is 13.7. The van der Waals surface area contributed by atoms with E-state index in [4.69, 9.17) is 16.7 Å². The van der Waals surface area contributed by atoms with Crippen LogP contribution in [0.1, 0.15) is 23.7 Å². The molecular weight excluding hydrogens is 260 g/mol. The van der Waals surface area contributed by atoms with Crippen LogP contribution in [-0.2, 0) is 0 Å². The van der Waals surface area contributed by atoms with E-state index in [1.807, 2.05) is 0 Å². The molecule has 0 bridgehead atoms. The number of nitro benzene ring substituents is 1. The maximum Gasteiger partial charge on any atom is 0.283 e. The molecule has 1 rings (SSSR count). The van der Waals surface area contributed by atoms with E-state index in [1.54, 1.807) is 6.92 Å². The Morgan fingerprint density at radius 3 is 2.78 bits per heavy atom. The van der Waals surface area contributed by atoms with Crippen LogP contribution in [0.4, 0.5) is 5.69 Å². The molecule has 7 heteroatoms. The fraction of sp³-hybridized carbons (Fsp3) is 0.364. The van der Waals surface area contributed by atoms with Crippen molar-refractivity contribution in [1.82, 2.24) is 5.32 Å². The predicted molar refractivity (Wildman–Crippen MR) is 66.7 cm³/mol. The van der Waals surface area contributed by atoms with Crippen LogP contribution in [0.3, 0.4) is 0 Å². The molecule has 0 spiro atoms. The zero-order valence-electron chi connectivity index (χ0n) is 9.72. The number of hydrogen-bond acceptors (Lipinski definition) is 4. The van der Waals surface area contributed by atoms with E-state index < -0.39 is 16.9 Å². The summed E-state index contributed by atoms with van der Waals surface area (Å²) < 4.78 is 0. The van der Waals surface area contributed by atoms with Crippen molar-refractivity contribution in [3.63, 3.8) is 0 Å². The minimum Gasteiger partial charge on any atom is -0.394 e. The third-order valence-electron chi connectivity index (χ3n) is 2.45. The second-order valence-corrected chi connectivity index (χ2v) is 4.12. The molecule has 2 N–H and O–H groups in total. The molecule has 0 aliphatic rings. The first-order chi connectivity index (χ1) is 8.49. The highest BCUT2D eigenvalue weighted by Crippen LogP contribution is 2.23. The van der Waals surface area contributed by atoms with Crippen molar-refractivity contribution in [1.29, 1.82) is 0 Å². The van der Waals surface area contributed by atoms with Gasteiger partial charge in [0, 0.05) is 11.1 Å². The molecule has 1 aromatic carbocycles. The van der Waals surface area contributed by atoms with E-state index in [-0.39, 0.29) is 22.9 Å². The summed E-state index contributed by atoms with van der Waals surface area (Å²) in [5.41, 5.74) is -0.427. The number of nitro groups is 1. The van der Waals surface area contributed by atoms with Crippen LogP contribution in [-0.4, -0.2) is 28.6 Å². The summed E-state index contributed by atoms with van der Waals surface area (Å²) in [5, 5.41) is 22.5. The maximum absolute atomic E-state index is 11.8. The van der Waals surface area contributed by atoms with E-state index in [0.717, 1.165) is 6.07 Å². The lowest BCUT2D eigenvalue weighted by atomic mass is 10.1. The van der Waals surface area contributed by atoms with Crippen LogP contribution in [0.25, 0.3) is 0 Å². The van der Waals surface area contributed by atoms with Crippen molar-refractivity contribution in [2.24, 2.45) is 0 Å². The van der Waals surface area contributed by atoms with Gasteiger partial charge in [0.25, 0.3) is 11.6 Å². The van der Waals surface area contributed by atoms with Crippen molar-refractivity contribution in [2.45, 2.75) is 19.4 Å². The van der Waals surface area contributed by atoms with Gasteiger partial charge >= 0.3 is 0 Å². The maximum atomic E-state index is 11.8. The zero-order valence-corrected chi connectivity index (χ0v) is 10.5. The number of aliphatic hydroxyl groups excluding tert-OH is 1. The first-order valence-electron chi connectivity index (χ1n) is 5.35. The Labute approximate surface area is 109 Å². The fourth-order valence-corrected chi connectivity index (χ4v) is 1.55. The summed E-state index contributed by atoms with van der Waals surface area (Å²) in [6.07, 6.45) is 0.531. The van der Waals surface area contributed by atoms with Crippen molar-refractivity contribution in [2.75, 3.05) is 6.61 Å². The molecule has 0 aromatic heterocycles. The lowest BCUT2D eigenvalue weighted by Gasteiger charge is -2.13. The molecule has 1 atom stereocenters. The van der Waals surface area contributed by atoms with Gasteiger partial charge in [0.05, 0.1) is 17.6 Å². The average molecular weight is 273 g/mol. The number of amides is 1. The van der Waals surface area contributed by atoms with Crippen LogP contribution < -0.4 is 5.32 Å². The quantitative estimate of drug-likeness (QED) is 0.631. The molecule has 1 aromatic rings. The first kappa shape index (κ1) is 14.4. The number of carbonyl (C=O) groups is 1. The number of benzene rings is 1. The number of halogens is 1. The standard InChI is InChI=1S/C11H13ClN2O4/c1-2-8(6-15)13-11(16)9-4-3-7(12)5-10(9)14(17)18/h3-5,8,15H,2,6H2,1H3,(H,13,16)/t8-/m0/s1. The Kier molecular flexibility index (Phi) is 5.06. The van der Waals surface area contributed by atoms with Gasteiger partial charge in [-0.2, -0.15) is 0 Å². The Bertz CT molecular complexity index is 460. The van der Waals surface area contributed by atoms with Crippen molar-refractivity contribution >= 4 is 23.2 Å². The highest BCUT2D eigenvalue weighted by molar-refractivity contribution is 6.31. The summed E-state index contributed by atoms with van der Waals surface area (Å²) >= 11 is 5.65. The average Bonchev–Trinajstić information content (AvgIpc) is 2.35. The molecule has 1 amide bonds. The van der Waals surface area contributed by atoms with E-state index in [9.17, 15) is 14.9 Å². The van der Waals surface area contributed by atoms with Crippen LogP contribution in [0.5, 0.6) is 0 Å². The first-order valence-corrected chi connectivity index (χ1v) is 5.73. The Morgan fingerprint density at radius 2 is 2.28 bits per heavy atom. The summed E-state index contributed by atoms with van der Waals surface area (Å²) in [5.74, 6) is -0.598. The lowest BCUT2D eigenvalue weighted by molar-refractivity contribution is -0.385. The van der Waals surface area contributed by atoms with Gasteiger partial charge in [0.15, 0.2) is 0 Å². The monoisotopic (exact) mass is 272 g/mol. The van der Waals surface area contributed by atoms with Crippen molar-refractivity contribution in [3.8, 4) is 0 Å². The highest BCUT2D eigenvalue weighted by Gasteiger charge is 2.21. The number of aliphatic hydroxyl groups is 1. The van der Waals surface area contributed by atoms with E-state index in [0.29, 0.717) is 6.42 Å². The topological polar surface area (TPSA) is 92.5 Å². The van der Waals surface area contributed by atoms with E-state index in [1.165, 1.54) is 12.1 Å². The van der Waals surface area contributed by atoms with Gasteiger partial charge in [-0.05, 0) is 18.6 Å². The minimum absolute atomic E-state index is 0.0729. The number of carbonyl (C=O) groups excluding carboxylic acids is 1. The molecule has 0 saturated heterocycles. The lowest BCUT2D eigenvalue weighted by Crippen LogP contribution is -2.37. The molecule has 0 unspecified atom stereocenters. The van der Waals surface area contributed by atoms with Crippen molar-refractivity contribution < 1.29 is 14.8 Å². The molecule has 0 saturated carbocycles. The smallest absolute Gasteiger partial charge is 0.283 e. The third-order valence-corrected chi connectivity index (χ3v) is 2.68. The molecule has 0 fully saturated rings. The molecule has 6 nitrogen and oxygen atoms in total. The third kappa shape index (κ3) is 3.41. The van der Waals surface area contributed by atoms with Gasteiger partial charge in [-0.3, -0.25) is 14.9 Å². The van der Waals surface area contributed by atoms with Crippen LogP contribution in [0.15, 0.2) is 18.2 Å². The summed E-state index contributed by atoms with van der Waals surface area (Å²) in [6, 6.07) is 3.40. The van der Waals surface area contributed by atoms with Gasteiger partial charge in [-0.1, -0.05) is 18.5 Å². The van der Waals surface area contributed by atoms with Gasteiger partial charge < -0.3 is 10.4 Å². The number of nitrogens with zero attached hydrogens (tertiary/aromatic N) is 1. The Hall–Kier alpha value is -1.66. The number of nitrogens with one attached hydrogen (secondary N) is 1. The fourth-order valence-electron chi connectivity index (χ4n) is 1.39. The summed E-state index contributed by atoms with van der Waals surface area (Å²) in [6.45, 7) is 1.57. The number of hydrogen-bond donors (Lipinski definition) is 2. The van der Waals surface area contributed by atoms with Crippen LogP contribution in [0, 0.1) is 10.1 Å². The molecule has 18 heavy (non-hydrogen) atoms. The van der Waals surface area contributed by atoms with Gasteiger partial charge in [-0.15, -0.1) is 0 Å². The largest absolute Gasteiger partial charge is 0.394 e. The number of rotatable bonds is 5. The summed E-state index contributed by atoms with van der Waals surface area (Å²) in [7, 11) is 0. The SMILES string of the molecule is CC[C@@H](CO)NC(=O)c1ccc(Cl)cc1[N+](=O)[O-]. The minimum atomic E-state index is -0.666.